The van der Waals surface area contributed by atoms with Gasteiger partial charge in [-0.1, -0.05) is 37.1 Å². The first-order valence-electron chi connectivity index (χ1n) is 9.37. The fraction of sp³-hybridized carbons (Fsp3) is 0.429. The molecule has 1 aromatic carbocycles. The molecular formula is C21H24ClNO3S. The van der Waals surface area contributed by atoms with Crippen LogP contribution in [0.25, 0.3) is 0 Å². The number of hydrogen-bond donors (Lipinski definition) is 1. The summed E-state index contributed by atoms with van der Waals surface area (Å²) in [5.74, 6) is 0.157. The van der Waals surface area contributed by atoms with Crippen LogP contribution >= 0.6 is 22.9 Å². The van der Waals surface area contributed by atoms with Gasteiger partial charge in [-0.3, -0.25) is 4.79 Å². The second-order valence-corrected chi connectivity index (χ2v) is 8.34. The fourth-order valence-corrected chi connectivity index (χ4v) is 4.96. The summed E-state index contributed by atoms with van der Waals surface area (Å²) in [5.41, 5.74) is 2.49. The molecular weight excluding hydrogens is 382 g/mol. The zero-order chi connectivity index (χ0) is 19.4. The summed E-state index contributed by atoms with van der Waals surface area (Å²) < 4.78 is 5.26. The summed E-state index contributed by atoms with van der Waals surface area (Å²) in [6, 6.07) is 7.20. The maximum atomic E-state index is 12.5. The lowest BCUT2D eigenvalue weighted by Gasteiger charge is -2.20. The van der Waals surface area contributed by atoms with Crippen LogP contribution in [0.4, 0.5) is 5.00 Å². The first-order valence-corrected chi connectivity index (χ1v) is 10.6. The van der Waals surface area contributed by atoms with Gasteiger partial charge in [-0.2, -0.15) is 0 Å². The SMILES string of the molecule is CCOC(=O)c1c(NC(=O)Cc2ccc(Cl)cc2)sc2c1CCC(CC)C2. The van der Waals surface area contributed by atoms with Crippen LogP contribution in [-0.2, 0) is 28.8 Å². The van der Waals surface area contributed by atoms with E-state index >= 15 is 0 Å². The number of hydrogen-bond acceptors (Lipinski definition) is 4. The Bertz CT molecular complexity index is 829. The third-order valence-electron chi connectivity index (χ3n) is 4.96. The molecule has 0 saturated heterocycles. The zero-order valence-electron chi connectivity index (χ0n) is 15.6. The van der Waals surface area contributed by atoms with E-state index in [1.54, 1.807) is 19.1 Å². The predicted molar refractivity (Wildman–Crippen MR) is 110 cm³/mol. The molecule has 3 rings (SSSR count). The van der Waals surface area contributed by atoms with Crippen molar-refractivity contribution < 1.29 is 14.3 Å². The molecule has 1 unspecified atom stereocenters. The smallest absolute Gasteiger partial charge is 0.341 e. The molecule has 1 heterocycles. The third-order valence-corrected chi connectivity index (χ3v) is 6.38. The van der Waals surface area contributed by atoms with Crippen LogP contribution in [0, 0.1) is 5.92 Å². The molecule has 1 aliphatic carbocycles. The molecule has 6 heteroatoms. The quantitative estimate of drug-likeness (QED) is 0.665. The highest BCUT2D eigenvalue weighted by Crippen LogP contribution is 2.40. The number of carbonyl (C=O) groups excluding carboxylic acids is 2. The average molecular weight is 406 g/mol. The number of amides is 1. The molecule has 2 aromatic rings. The van der Waals surface area contributed by atoms with Gasteiger partial charge in [0.15, 0.2) is 0 Å². The van der Waals surface area contributed by atoms with E-state index in [-0.39, 0.29) is 18.3 Å². The lowest BCUT2D eigenvalue weighted by atomic mass is 9.85. The molecule has 1 N–H and O–H groups in total. The minimum atomic E-state index is -0.341. The minimum absolute atomic E-state index is 0.145. The predicted octanol–water partition coefficient (Wildman–Crippen LogP) is 5.27. The highest BCUT2D eigenvalue weighted by atomic mass is 35.5. The van der Waals surface area contributed by atoms with E-state index in [9.17, 15) is 9.59 Å². The number of ether oxygens (including phenoxy) is 1. The molecule has 1 aliphatic rings. The number of anilines is 1. The van der Waals surface area contributed by atoms with E-state index < -0.39 is 0 Å². The van der Waals surface area contributed by atoms with Gasteiger partial charge in [-0.05, 0) is 55.4 Å². The number of esters is 1. The maximum Gasteiger partial charge on any atom is 0.341 e. The van der Waals surface area contributed by atoms with E-state index in [0.29, 0.717) is 28.1 Å². The molecule has 0 fully saturated rings. The van der Waals surface area contributed by atoms with E-state index in [1.165, 1.54) is 16.2 Å². The largest absolute Gasteiger partial charge is 0.462 e. The van der Waals surface area contributed by atoms with Crippen molar-refractivity contribution in [3.63, 3.8) is 0 Å². The molecule has 0 radical (unpaired) electrons. The lowest BCUT2D eigenvalue weighted by molar-refractivity contribution is -0.115. The van der Waals surface area contributed by atoms with Crippen molar-refractivity contribution in [2.24, 2.45) is 5.92 Å². The Labute approximate surface area is 168 Å². The Hall–Kier alpha value is -1.85. The summed E-state index contributed by atoms with van der Waals surface area (Å²) in [7, 11) is 0. The van der Waals surface area contributed by atoms with Crippen LogP contribution in [0.5, 0.6) is 0 Å². The van der Waals surface area contributed by atoms with Gasteiger partial charge in [-0.25, -0.2) is 4.79 Å². The summed E-state index contributed by atoms with van der Waals surface area (Å²) in [4.78, 5) is 26.3. The topological polar surface area (TPSA) is 55.4 Å². The van der Waals surface area contributed by atoms with Gasteiger partial charge in [0, 0.05) is 9.90 Å². The molecule has 0 bridgehead atoms. The van der Waals surface area contributed by atoms with Gasteiger partial charge in [0.05, 0.1) is 18.6 Å². The van der Waals surface area contributed by atoms with Gasteiger partial charge in [0.2, 0.25) is 5.91 Å². The average Bonchev–Trinajstić information content (AvgIpc) is 3.00. The van der Waals surface area contributed by atoms with E-state index in [1.807, 2.05) is 12.1 Å². The Balaban J connectivity index is 1.82. The van der Waals surface area contributed by atoms with Crippen LogP contribution in [0.1, 0.15) is 53.1 Å². The van der Waals surface area contributed by atoms with Crippen LogP contribution in [0.3, 0.4) is 0 Å². The number of halogens is 1. The summed E-state index contributed by atoms with van der Waals surface area (Å²) >= 11 is 7.42. The Morgan fingerprint density at radius 1 is 1.26 bits per heavy atom. The molecule has 27 heavy (non-hydrogen) atoms. The monoisotopic (exact) mass is 405 g/mol. The molecule has 144 valence electrons. The third kappa shape index (κ3) is 4.71. The summed E-state index contributed by atoms with van der Waals surface area (Å²) in [5, 5.41) is 4.21. The lowest BCUT2D eigenvalue weighted by Crippen LogP contribution is -2.18. The number of nitrogens with one attached hydrogen (secondary N) is 1. The van der Waals surface area contributed by atoms with E-state index in [0.717, 1.165) is 36.8 Å². The molecule has 1 aromatic heterocycles. The molecule has 1 amide bonds. The number of thiophene rings is 1. The normalized spacial score (nSPS) is 15.9. The van der Waals surface area contributed by atoms with Crippen molar-refractivity contribution in [2.75, 3.05) is 11.9 Å². The highest BCUT2D eigenvalue weighted by molar-refractivity contribution is 7.17. The standard InChI is InChI=1S/C21H24ClNO3S/c1-3-13-7-10-16-17(11-13)27-20(19(16)21(25)26-4-2)23-18(24)12-14-5-8-15(22)9-6-14/h5-6,8-9,13H,3-4,7,10-12H2,1-2H3,(H,23,24). The van der Waals surface area contributed by atoms with E-state index in [2.05, 4.69) is 12.2 Å². The summed E-state index contributed by atoms with van der Waals surface area (Å²) in [6.45, 7) is 4.31. The van der Waals surface area contributed by atoms with Gasteiger partial charge in [-0.15, -0.1) is 11.3 Å². The second-order valence-electron chi connectivity index (χ2n) is 6.80. The van der Waals surface area contributed by atoms with Crippen molar-refractivity contribution >= 4 is 39.8 Å². The van der Waals surface area contributed by atoms with Crippen LogP contribution in [-0.4, -0.2) is 18.5 Å². The molecule has 1 atom stereocenters. The number of fused-ring (bicyclic) bond motifs is 1. The number of benzene rings is 1. The van der Waals surface area contributed by atoms with Crippen LogP contribution in [0.2, 0.25) is 5.02 Å². The van der Waals surface area contributed by atoms with Crippen molar-refractivity contribution in [2.45, 2.75) is 46.0 Å². The fourth-order valence-electron chi connectivity index (χ4n) is 3.47. The van der Waals surface area contributed by atoms with Crippen LogP contribution < -0.4 is 5.32 Å². The highest BCUT2D eigenvalue weighted by Gasteiger charge is 2.29. The van der Waals surface area contributed by atoms with Crippen molar-refractivity contribution in [1.29, 1.82) is 0 Å². The van der Waals surface area contributed by atoms with E-state index in [4.69, 9.17) is 16.3 Å². The first-order chi connectivity index (χ1) is 13.0. The molecule has 0 saturated carbocycles. The maximum absolute atomic E-state index is 12.5. The van der Waals surface area contributed by atoms with Crippen molar-refractivity contribution in [3.8, 4) is 0 Å². The van der Waals surface area contributed by atoms with Gasteiger partial charge < -0.3 is 10.1 Å². The molecule has 0 aliphatic heterocycles. The van der Waals surface area contributed by atoms with Gasteiger partial charge >= 0.3 is 5.97 Å². The Kier molecular flexibility index (Phi) is 6.55. The van der Waals surface area contributed by atoms with Gasteiger partial charge in [0.1, 0.15) is 5.00 Å². The van der Waals surface area contributed by atoms with Crippen LogP contribution in [0.15, 0.2) is 24.3 Å². The Morgan fingerprint density at radius 3 is 2.67 bits per heavy atom. The number of rotatable bonds is 6. The molecule has 0 spiro atoms. The number of carbonyl (C=O) groups is 2. The summed E-state index contributed by atoms with van der Waals surface area (Å²) in [6.07, 6.45) is 4.27. The first kappa shape index (κ1) is 19.9. The minimum Gasteiger partial charge on any atom is -0.462 e. The molecule has 4 nitrogen and oxygen atoms in total. The van der Waals surface area contributed by atoms with Gasteiger partial charge in [0.25, 0.3) is 0 Å². The van der Waals surface area contributed by atoms with Crippen molar-refractivity contribution in [1.82, 2.24) is 0 Å². The Morgan fingerprint density at radius 2 is 2.00 bits per heavy atom. The van der Waals surface area contributed by atoms with Crippen molar-refractivity contribution in [3.05, 3.63) is 50.9 Å². The zero-order valence-corrected chi connectivity index (χ0v) is 17.2. The second kappa shape index (κ2) is 8.89.